The summed E-state index contributed by atoms with van der Waals surface area (Å²) in [6.07, 6.45) is -1.46. The molecule has 112 valence electrons. The molecule has 0 spiro atoms. The van der Waals surface area contributed by atoms with Crippen LogP contribution in [0.1, 0.15) is 25.0 Å². The molecule has 6 nitrogen and oxygen atoms in total. The predicted molar refractivity (Wildman–Crippen MR) is 73.0 cm³/mol. The van der Waals surface area contributed by atoms with Gasteiger partial charge in [0.25, 0.3) is 0 Å². The lowest BCUT2D eigenvalue weighted by molar-refractivity contribution is -0.169. The second-order valence-electron chi connectivity index (χ2n) is 5.12. The first-order valence-electron chi connectivity index (χ1n) is 6.65. The number of carboxylic acid groups (broad SMARTS) is 1. The van der Waals surface area contributed by atoms with E-state index in [-0.39, 0.29) is 5.91 Å². The van der Waals surface area contributed by atoms with E-state index in [0.717, 1.165) is 18.1 Å². The minimum atomic E-state index is -1.46. The number of hydrogen-bond donors (Lipinski definition) is 1. The fraction of sp³-hybridized carbons (Fsp3) is 0.400. The number of amides is 1. The van der Waals surface area contributed by atoms with Crippen molar-refractivity contribution in [3.8, 4) is 0 Å². The molecule has 1 aliphatic rings. The number of esters is 1. The molecule has 1 aromatic rings. The fourth-order valence-corrected chi connectivity index (χ4v) is 2.45. The molecular weight excluding hydrogens is 274 g/mol. The van der Waals surface area contributed by atoms with Gasteiger partial charge in [-0.2, -0.15) is 0 Å². The van der Waals surface area contributed by atoms with Gasteiger partial charge in [0.15, 0.2) is 0 Å². The van der Waals surface area contributed by atoms with Gasteiger partial charge in [0.2, 0.25) is 12.0 Å². The summed E-state index contributed by atoms with van der Waals surface area (Å²) >= 11 is 0. The summed E-state index contributed by atoms with van der Waals surface area (Å²) in [4.78, 5) is 36.1. The van der Waals surface area contributed by atoms with Gasteiger partial charge in [0.05, 0.1) is 5.92 Å². The highest BCUT2D eigenvalue weighted by atomic mass is 16.6. The Bertz CT molecular complexity index is 558. The first-order chi connectivity index (χ1) is 9.90. The minimum absolute atomic E-state index is 0.333. The van der Waals surface area contributed by atoms with Crippen molar-refractivity contribution < 1.29 is 24.2 Å². The molecule has 1 aromatic carbocycles. The topological polar surface area (TPSA) is 83.9 Å². The third kappa shape index (κ3) is 3.21. The lowest BCUT2D eigenvalue weighted by Crippen LogP contribution is -2.42. The molecule has 0 aliphatic carbocycles. The first-order valence-corrected chi connectivity index (χ1v) is 6.65. The largest absolute Gasteiger partial charge is 0.478 e. The molecule has 1 heterocycles. The van der Waals surface area contributed by atoms with Crippen LogP contribution >= 0.6 is 0 Å². The van der Waals surface area contributed by atoms with E-state index in [1.807, 2.05) is 24.3 Å². The lowest BCUT2D eigenvalue weighted by Gasteiger charge is -2.24. The van der Waals surface area contributed by atoms with E-state index in [1.54, 1.807) is 4.90 Å². The second kappa shape index (κ2) is 5.95. The predicted octanol–water partition coefficient (Wildman–Crippen LogP) is 1.18. The Labute approximate surface area is 122 Å². The molecule has 0 unspecified atom stereocenters. The van der Waals surface area contributed by atoms with E-state index in [1.165, 1.54) is 6.92 Å². The van der Waals surface area contributed by atoms with Crippen LogP contribution in [0.25, 0.3) is 0 Å². The summed E-state index contributed by atoms with van der Waals surface area (Å²) in [6, 6.07) is 7.67. The van der Waals surface area contributed by atoms with E-state index >= 15 is 0 Å². The van der Waals surface area contributed by atoms with E-state index in [2.05, 4.69) is 0 Å². The van der Waals surface area contributed by atoms with Crippen molar-refractivity contribution in [2.24, 2.45) is 5.92 Å². The number of fused-ring (bicyclic) bond motifs is 1. The zero-order valence-corrected chi connectivity index (χ0v) is 11.9. The third-order valence-corrected chi connectivity index (χ3v) is 3.53. The van der Waals surface area contributed by atoms with Crippen LogP contribution in [-0.2, 0) is 32.2 Å². The molecule has 0 saturated carbocycles. The maximum absolute atomic E-state index is 12.4. The normalized spacial score (nSPS) is 16.0. The number of carboxylic acids is 1. The van der Waals surface area contributed by atoms with E-state index < -0.39 is 24.0 Å². The number of aliphatic carboxylic acids is 1. The van der Waals surface area contributed by atoms with E-state index in [4.69, 9.17) is 9.84 Å². The maximum Gasteiger partial charge on any atom is 0.345 e. The summed E-state index contributed by atoms with van der Waals surface area (Å²) in [5.74, 6) is -3.30. The molecule has 0 aromatic heterocycles. The molecule has 1 aliphatic heterocycles. The van der Waals surface area contributed by atoms with Gasteiger partial charge in [-0.25, -0.2) is 4.79 Å². The van der Waals surface area contributed by atoms with E-state index in [0.29, 0.717) is 13.1 Å². The fourth-order valence-electron chi connectivity index (χ4n) is 2.45. The highest BCUT2D eigenvalue weighted by Gasteiger charge is 2.36. The summed E-state index contributed by atoms with van der Waals surface area (Å²) in [5.41, 5.74) is 2.11. The van der Waals surface area contributed by atoms with Crippen molar-refractivity contribution in [2.75, 3.05) is 0 Å². The lowest BCUT2D eigenvalue weighted by atomic mass is 10.0. The molecular formula is C15H17NO5. The molecule has 2 rings (SSSR count). The Balaban J connectivity index is 2.09. The highest BCUT2D eigenvalue weighted by Crippen LogP contribution is 2.25. The van der Waals surface area contributed by atoms with E-state index in [9.17, 15) is 14.4 Å². The Morgan fingerprint density at radius 3 is 2.14 bits per heavy atom. The number of benzene rings is 1. The maximum atomic E-state index is 12.4. The molecule has 1 amide bonds. The summed E-state index contributed by atoms with van der Waals surface area (Å²) in [6.45, 7) is 3.49. The number of hydrogen-bond acceptors (Lipinski definition) is 4. The number of carbonyl (C=O) groups excluding carboxylic acids is 2. The van der Waals surface area contributed by atoms with Crippen LogP contribution < -0.4 is 0 Å². The molecule has 0 radical (unpaired) electrons. The molecule has 6 heteroatoms. The van der Waals surface area contributed by atoms with Crippen molar-refractivity contribution in [3.05, 3.63) is 35.4 Å². The Morgan fingerprint density at radius 2 is 1.71 bits per heavy atom. The van der Waals surface area contributed by atoms with Crippen molar-refractivity contribution in [2.45, 2.75) is 33.0 Å². The molecule has 21 heavy (non-hydrogen) atoms. The van der Waals surface area contributed by atoms with Gasteiger partial charge in [-0.15, -0.1) is 0 Å². The van der Waals surface area contributed by atoms with Crippen molar-refractivity contribution in [1.29, 1.82) is 0 Å². The molecule has 1 N–H and O–H groups in total. The number of nitrogens with zero attached hydrogens (tertiary/aromatic N) is 1. The van der Waals surface area contributed by atoms with Gasteiger partial charge >= 0.3 is 11.9 Å². The zero-order chi connectivity index (χ0) is 15.6. The highest BCUT2D eigenvalue weighted by molar-refractivity contribution is 5.87. The molecule has 0 bridgehead atoms. The van der Waals surface area contributed by atoms with Crippen LogP contribution in [0.15, 0.2) is 24.3 Å². The molecule has 0 fully saturated rings. The first kappa shape index (κ1) is 15.0. The SMILES string of the molecule is CC(=O)O[C@@H](C(=O)O)[C@@H](C)C(=O)N1Cc2ccccc2C1. The average Bonchev–Trinajstić information content (AvgIpc) is 2.86. The summed E-state index contributed by atoms with van der Waals surface area (Å²) in [7, 11) is 0. The van der Waals surface area contributed by atoms with Crippen LogP contribution in [-0.4, -0.2) is 34.0 Å². The van der Waals surface area contributed by atoms with Crippen molar-refractivity contribution >= 4 is 17.8 Å². The van der Waals surface area contributed by atoms with Gasteiger partial charge in [-0.05, 0) is 18.1 Å². The quantitative estimate of drug-likeness (QED) is 0.842. The summed E-state index contributed by atoms with van der Waals surface area (Å²) in [5, 5.41) is 9.11. The number of rotatable bonds is 4. The van der Waals surface area contributed by atoms with Crippen LogP contribution in [0, 0.1) is 5.92 Å². The smallest absolute Gasteiger partial charge is 0.345 e. The van der Waals surface area contributed by atoms with Gasteiger partial charge < -0.3 is 14.7 Å². The van der Waals surface area contributed by atoms with Crippen LogP contribution in [0.3, 0.4) is 0 Å². The second-order valence-corrected chi connectivity index (χ2v) is 5.12. The minimum Gasteiger partial charge on any atom is -0.478 e. The Morgan fingerprint density at radius 1 is 1.19 bits per heavy atom. The third-order valence-electron chi connectivity index (χ3n) is 3.53. The van der Waals surface area contributed by atoms with Gasteiger partial charge in [-0.1, -0.05) is 24.3 Å². The van der Waals surface area contributed by atoms with Crippen LogP contribution in [0.4, 0.5) is 0 Å². The van der Waals surface area contributed by atoms with Crippen molar-refractivity contribution in [1.82, 2.24) is 4.90 Å². The van der Waals surface area contributed by atoms with Gasteiger partial charge in [-0.3, -0.25) is 9.59 Å². The molecule has 0 saturated heterocycles. The average molecular weight is 291 g/mol. The molecule has 2 atom stereocenters. The monoisotopic (exact) mass is 291 g/mol. The van der Waals surface area contributed by atoms with Crippen molar-refractivity contribution in [3.63, 3.8) is 0 Å². The Hall–Kier alpha value is -2.37. The summed E-state index contributed by atoms with van der Waals surface area (Å²) < 4.78 is 4.75. The van der Waals surface area contributed by atoms with Gasteiger partial charge in [0, 0.05) is 20.0 Å². The zero-order valence-electron chi connectivity index (χ0n) is 11.9. The van der Waals surface area contributed by atoms with Crippen LogP contribution in [0.5, 0.6) is 0 Å². The van der Waals surface area contributed by atoms with Gasteiger partial charge in [0.1, 0.15) is 0 Å². The number of carbonyl (C=O) groups is 3. The Kier molecular flexibility index (Phi) is 4.26. The van der Waals surface area contributed by atoms with Crippen LogP contribution in [0.2, 0.25) is 0 Å². The standard InChI is InChI=1S/C15H17NO5/c1-9(13(15(19)20)21-10(2)17)14(18)16-7-11-5-3-4-6-12(11)8-16/h3-6,9,13H,7-8H2,1-2H3,(H,19,20)/t9-,13-/m1/s1. The number of ether oxygens (including phenoxy) is 1.